The van der Waals surface area contributed by atoms with Gasteiger partial charge in [-0.1, -0.05) is 37.8 Å². The number of fused-ring (bicyclic) bond motifs is 1. The van der Waals surface area contributed by atoms with Crippen molar-refractivity contribution in [3.8, 4) is 0 Å². The van der Waals surface area contributed by atoms with Crippen LogP contribution in [0.1, 0.15) is 66.2 Å². The van der Waals surface area contributed by atoms with Gasteiger partial charge in [-0.15, -0.1) is 0 Å². The molecule has 1 aliphatic rings. The van der Waals surface area contributed by atoms with E-state index in [1.807, 2.05) is 38.1 Å². The average Bonchev–Trinajstić information content (AvgIpc) is 3.43. The lowest BCUT2D eigenvalue weighted by Gasteiger charge is -2.22. The van der Waals surface area contributed by atoms with E-state index < -0.39 is 0 Å². The number of imidazole rings is 1. The van der Waals surface area contributed by atoms with Gasteiger partial charge in [0.25, 0.3) is 5.91 Å². The second kappa shape index (κ2) is 9.69. The number of benzene rings is 1. The van der Waals surface area contributed by atoms with Gasteiger partial charge >= 0.3 is 0 Å². The highest BCUT2D eigenvalue weighted by Crippen LogP contribution is 2.29. The third-order valence-electron chi connectivity index (χ3n) is 6.49. The zero-order chi connectivity index (χ0) is 22.7. The Balaban J connectivity index is 1.66. The number of aromatic amines is 1. The Morgan fingerprint density at radius 2 is 2.06 bits per heavy atom. The summed E-state index contributed by atoms with van der Waals surface area (Å²) in [5, 5.41) is 3.01. The van der Waals surface area contributed by atoms with Gasteiger partial charge < -0.3 is 19.6 Å². The van der Waals surface area contributed by atoms with Crippen molar-refractivity contribution in [2.24, 2.45) is 5.92 Å². The number of aryl methyl sites for hydroxylation is 1. The van der Waals surface area contributed by atoms with E-state index in [0.717, 1.165) is 41.7 Å². The fourth-order valence-corrected chi connectivity index (χ4v) is 4.78. The normalized spacial score (nSPS) is 15.3. The molecule has 0 bridgehead atoms. The van der Waals surface area contributed by atoms with Crippen LogP contribution in [0.25, 0.3) is 11.0 Å². The molecule has 2 N–H and O–H groups in total. The highest BCUT2D eigenvalue weighted by atomic mass is 16.5. The number of para-hydroxylation sites is 2. The van der Waals surface area contributed by atoms with Gasteiger partial charge in [0.2, 0.25) is 0 Å². The van der Waals surface area contributed by atoms with Crippen molar-refractivity contribution in [3.05, 3.63) is 63.3 Å². The van der Waals surface area contributed by atoms with Crippen LogP contribution >= 0.6 is 0 Å². The van der Waals surface area contributed by atoms with Gasteiger partial charge in [0.1, 0.15) is 11.4 Å². The molecular formula is C25H32N4O3. The Labute approximate surface area is 188 Å². The van der Waals surface area contributed by atoms with Gasteiger partial charge in [0.05, 0.1) is 23.7 Å². The number of hydrogen-bond acceptors (Lipinski definition) is 4. The molecule has 0 saturated heterocycles. The van der Waals surface area contributed by atoms with Crippen molar-refractivity contribution in [1.82, 2.24) is 19.9 Å². The number of nitrogens with zero attached hydrogens (tertiary/aromatic N) is 2. The predicted octanol–water partition coefficient (Wildman–Crippen LogP) is 3.90. The molecule has 1 fully saturated rings. The minimum absolute atomic E-state index is 0.224. The number of amides is 1. The molecule has 1 amide bonds. The van der Waals surface area contributed by atoms with Crippen LogP contribution in [-0.2, 0) is 17.7 Å². The minimum atomic E-state index is -0.359. The molecule has 170 valence electrons. The lowest BCUT2D eigenvalue weighted by Crippen LogP contribution is -2.35. The predicted molar refractivity (Wildman–Crippen MR) is 125 cm³/mol. The first-order valence-electron chi connectivity index (χ1n) is 11.5. The van der Waals surface area contributed by atoms with Gasteiger partial charge in [-0.25, -0.2) is 4.98 Å². The van der Waals surface area contributed by atoms with Crippen molar-refractivity contribution in [2.75, 3.05) is 13.7 Å². The molecule has 1 aliphatic carbocycles. The SMILES string of the molecule is COCCn1c(C)cc(=O)c(C(=O)N[C@@H](C)c2nc3ccccc3[nH]2)c1CC1CCCC1. The Morgan fingerprint density at radius 1 is 1.31 bits per heavy atom. The van der Waals surface area contributed by atoms with E-state index in [-0.39, 0.29) is 22.9 Å². The Bertz CT molecular complexity index is 1120. The van der Waals surface area contributed by atoms with Crippen LogP contribution < -0.4 is 10.7 Å². The topological polar surface area (TPSA) is 89.0 Å². The third-order valence-corrected chi connectivity index (χ3v) is 6.49. The maximum Gasteiger partial charge on any atom is 0.257 e. The van der Waals surface area contributed by atoms with Gasteiger partial charge in [-0.05, 0) is 38.3 Å². The maximum absolute atomic E-state index is 13.4. The Kier molecular flexibility index (Phi) is 6.74. The second-order valence-electron chi connectivity index (χ2n) is 8.81. The molecule has 1 aromatic carbocycles. The molecule has 3 aromatic rings. The molecule has 32 heavy (non-hydrogen) atoms. The van der Waals surface area contributed by atoms with Crippen molar-refractivity contribution >= 4 is 16.9 Å². The van der Waals surface area contributed by atoms with Crippen LogP contribution in [0, 0.1) is 12.8 Å². The third kappa shape index (κ3) is 4.63. The zero-order valence-corrected chi connectivity index (χ0v) is 19.1. The molecule has 0 spiro atoms. The summed E-state index contributed by atoms with van der Waals surface area (Å²) < 4.78 is 7.38. The highest BCUT2D eigenvalue weighted by molar-refractivity contribution is 5.95. The van der Waals surface area contributed by atoms with Gasteiger partial charge in [0.15, 0.2) is 5.43 Å². The molecule has 2 heterocycles. The average molecular weight is 437 g/mol. The van der Waals surface area contributed by atoms with E-state index >= 15 is 0 Å². The lowest BCUT2D eigenvalue weighted by molar-refractivity contribution is 0.0934. The van der Waals surface area contributed by atoms with Crippen LogP contribution in [-0.4, -0.2) is 34.2 Å². The summed E-state index contributed by atoms with van der Waals surface area (Å²) in [7, 11) is 1.66. The van der Waals surface area contributed by atoms with Gasteiger partial charge in [-0.2, -0.15) is 0 Å². The molecule has 0 aliphatic heterocycles. The summed E-state index contributed by atoms with van der Waals surface area (Å²) in [6.45, 7) is 4.94. The van der Waals surface area contributed by atoms with Crippen molar-refractivity contribution < 1.29 is 9.53 Å². The standard InChI is InChI=1S/C25H32N4O3/c1-16-14-22(30)23(21(29(16)12-13-32-3)15-18-8-4-5-9-18)25(31)26-17(2)24-27-19-10-6-7-11-20(19)28-24/h6-7,10-11,14,17-18H,4-5,8-9,12-13,15H2,1-3H3,(H,26,31)(H,27,28)/t17-/m0/s1. The lowest BCUT2D eigenvalue weighted by atomic mass is 9.96. The summed E-state index contributed by atoms with van der Waals surface area (Å²) in [6.07, 6.45) is 5.45. The number of methoxy groups -OCH3 is 1. The summed E-state index contributed by atoms with van der Waals surface area (Å²) in [4.78, 5) is 34.3. The second-order valence-corrected chi connectivity index (χ2v) is 8.81. The van der Waals surface area contributed by atoms with Gasteiger partial charge in [0, 0.05) is 31.1 Å². The first kappa shape index (κ1) is 22.3. The monoisotopic (exact) mass is 436 g/mol. The molecule has 1 atom stereocenters. The molecule has 0 unspecified atom stereocenters. The fourth-order valence-electron chi connectivity index (χ4n) is 4.78. The Hall–Kier alpha value is -2.93. The number of carbonyl (C=O) groups is 1. The van der Waals surface area contributed by atoms with Crippen LogP contribution in [0.2, 0.25) is 0 Å². The number of aromatic nitrogens is 3. The van der Waals surface area contributed by atoms with Crippen LogP contribution in [0.5, 0.6) is 0 Å². The molecule has 7 heteroatoms. The van der Waals surface area contributed by atoms with Crippen molar-refractivity contribution in [1.29, 1.82) is 0 Å². The number of ether oxygens (including phenoxy) is 1. The highest BCUT2D eigenvalue weighted by Gasteiger charge is 2.26. The summed E-state index contributed by atoms with van der Waals surface area (Å²) >= 11 is 0. The maximum atomic E-state index is 13.4. The summed E-state index contributed by atoms with van der Waals surface area (Å²) in [6, 6.07) is 8.96. The zero-order valence-electron chi connectivity index (χ0n) is 19.1. The first-order valence-corrected chi connectivity index (χ1v) is 11.5. The van der Waals surface area contributed by atoms with Crippen molar-refractivity contribution in [2.45, 2.75) is 58.5 Å². The van der Waals surface area contributed by atoms with E-state index in [0.29, 0.717) is 24.9 Å². The van der Waals surface area contributed by atoms with E-state index in [1.165, 1.54) is 12.8 Å². The molecular weight excluding hydrogens is 404 g/mol. The molecule has 1 saturated carbocycles. The quantitative estimate of drug-likeness (QED) is 0.560. The molecule has 0 radical (unpaired) electrons. The first-order chi connectivity index (χ1) is 15.5. The summed E-state index contributed by atoms with van der Waals surface area (Å²) in [5.74, 6) is 0.829. The minimum Gasteiger partial charge on any atom is -0.383 e. The smallest absolute Gasteiger partial charge is 0.257 e. The van der Waals surface area contributed by atoms with Crippen molar-refractivity contribution in [3.63, 3.8) is 0 Å². The summed E-state index contributed by atoms with van der Waals surface area (Å²) in [5.41, 5.74) is 3.49. The Morgan fingerprint density at radius 3 is 2.78 bits per heavy atom. The number of H-pyrrole nitrogens is 1. The van der Waals surface area contributed by atoms with E-state index in [9.17, 15) is 9.59 Å². The molecule has 7 nitrogen and oxygen atoms in total. The van der Waals surface area contributed by atoms with E-state index in [1.54, 1.807) is 13.2 Å². The number of nitrogens with one attached hydrogen (secondary N) is 2. The van der Waals surface area contributed by atoms with Crippen LogP contribution in [0.3, 0.4) is 0 Å². The number of rotatable bonds is 8. The number of carbonyl (C=O) groups excluding carboxylic acids is 1. The largest absolute Gasteiger partial charge is 0.383 e. The van der Waals surface area contributed by atoms with Crippen LogP contribution in [0.15, 0.2) is 35.1 Å². The molecule has 4 rings (SSSR count). The number of pyridine rings is 1. The van der Waals surface area contributed by atoms with E-state index in [4.69, 9.17) is 4.74 Å². The van der Waals surface area contributed by atoms with Gasteiger partial charge in [-0.3, -0.25) is 9.59 Å². The van der Waals surface area contributed by atoms with E-state index in [2.05, 4.69) is 19.9 Å². The molecule has 2 aromatic heterocycles. The fraction of sp³-hybridized carbons (Fsp3) is 0.480. The van der Waals surface area contributed by atoms with Crippen LogP contribution in [0.4, 0.5) is 0 Å². The number of hydrogen-bond donors (Lipinski definition) is 2.